The molecule has 0 aliphatic carbocycles. The monoisotopic (exact) mass is 409 g/mol. The Morgan fingerprint density at radius 2 is 1.87 bits per heavy atom. The largest absolute Gasteiger partial charge is 0.507 e. The van der Waals surface area contributed by atoms with Gasteiger partial charge in [0.1, 0.15) is 23.6 Å². The summed E-state index contributed by atoms with van der Waals surface area (Å²) in [6.45, 7) is 2.78. The summed E-state index contributed by atoms with van der Waals surface area (Å²) in [6, 6.07) is 13.6. The van der Waals surface area contributed by atoms with Gasteiger partial charge in [0, 0.05) is 30.4 Å². The predicted molar refractivity (Wildman–Crippen MR) is 115 cm³/mol. The van der Waals surface area contributed by atoms with Gasteiger partial charge in [-0.15, -0.1) is 0 Å². The quantitative estimate of drug-likeness (QED) is 0.482. The maximum absolute atomic E-state index is 14.4. The lowest BCUT2D eigenvalue weighted by molar-refractivity contribution is 0.198. The molecule has 156 valence electrons. The van der Waals surface area contributed by atoms with Crippen molar-refractivity contribution < 1.29 is 19.7 Å². The van der Waals surface area contributed by atoms with Crippen LogP contribution < -0.4 is 10.2 Å². The molecule has 30 heavy (non-hydrogen) atoms. The highest BCUT2D eigenvalue weighted by atomic mass is 19.1. The molecule has 0 saturated carbocycles. The molecule has 1 fully saturated rings. The van der Waals surface area contributed by atoms with Crippen molar-refractivity contribution >= 4 is 11.5 Å². The average molecular weight is 409 g/mol. The van der Waals surface area contributed by atoms with E-state index in [1.165, 1.54) is 19.1 Å². The van der Waals surface area contributed by atoms with E-state index in [0.29, 0.717) is 29.7 Å². The fraction of sp³-hybridized carbons (Fsp3) is 0.261. The van der Waals surface area contributed by atoms with Gasteiger partial charge in [0.25, 0.3) is 0 Å². The molecule has 2 heterocycles. The number of anilines is 2. The van der Waals surface area contributed by atoms with Gasteiger partial charge in [-0.3, -0.25) is 0 Å². The Morgan fingerprint density at radius 3 is 2.50 bits per heavy atom. The van der Waals surface area contributed by atoms with E-state index >= 15 is 0 Å². The number of halogens is 1. The number of pyridine rings is 1. The number of nitrogens with zero attached hydrogens (tertiary/aromatic N) is 2. The molecular formula is C23H24FN3O3. The van der Waals surface area contributed by atoms with Crippen molar-refractivity contribution in [1.82, 2.24) is 4.98 Å². The van der Waals surface area contributed by atoms with Crippen LogP contribution in [0.3, 0.4) is 0 Å². The van der Waals surface area contributed by atoms with Crippen LogP contribution in [-0.4, -0.2) is 45.7 Å². The standard InChI is InChI=1S/C23H24FN3O3/c1-14(28)26-21-6-5-15(11-20(21)24)18-3-2-4-19(23(18)30)16-7-9-25-22(12-16)27-10-8-17(29)13-27/h2-7,9,11-12,14,17,26,28-30H,8,10,13H2,1H3/t14?,17-/m1/s1. The molecule has 4 rings (SSSR count). The second kappa shape index (κ2) is 8.30. The van der Waals surface area contributed by atoms with Crippen molar-refractivity contribution in [1.29, 1.82) is 0 Å². The third-order valence-corrected chi connectivity index (χ3v) is 5.22. The second-order valence-electron chi connectivity index (χ2n) is 7.51. The second-order valence-corrected chi connectivity index (χ2v) is 7.51. The molecule has 0 radical (unpaired) electrons. The number of β-amino-alcohol motifs (C(OH)–C–C–N with tert-alkyl or cyclic N) is 1. The number of aliphatic hydroxyl groups excluding tert-OH is 2. The summed E-state index contributed by atoms with van der Waals surface area (Å²) < 4.78 is 14.4. The molecule has 2 aromatic carbocycles. The zero-order chi connectivity index (χ0) is 21.3. The normalized spacial score (nSPS) is 17.2. The minimum Gasteiger partial charge on any atom is -0.507 e. The number of para-hydroxylation sites is 1. The lowest BCUT2D eigenvalue weighted by atomic mass is 9.97. The highest BCUT2D eigenvalue weighted by Crippen LogP contribution is 2.39. The van der Waals surface area contributed by atoms with E-state index in [-0.39, 0.29) is 17.5 Å². The first kappa shape index (κ1) is 20.1. The molecular weight excluding hydrogens is 385 g/mol. The van der Waals surface area contributed by atoms with Gasteiger partial charge in [-0.25, -0.2) is 9.37 Å². The van der Waals surface area contributed by atoms with Crippen LogP contribution in [0.4, 0.5) is 15.9 Å². The number of benzene rings is 2. The van der Waals surface area contributed by atoms with Gasteiger partial charge in [0.05, 0.1) is 11.8 Å². The summed E-state index contributed by atoms with van der Waals surface area (Å²) in [5.74, 6) is 0.275. The van der Waals surface area contributed by atoms with E-state index in [0.717, 1.165) is 17.9 Å². The number of aliphatic hydroxyl groups is 2. The van der Waals surface area contributed by atoms with Crippen LogP contribution in [-0.2, 0) is 0 Å². The number of phenolic OH excluding ortho intramolecular Hbond substituents is 1. The SMILES string of the molecule is CC(O)Nc1ccc(-c2cccc(-c3ccnc(N4CC[C@@H](O)C4)c3)c2O)cc1F. The van der Waals surface area contributed by atoms with E-state index in [9.17, 15) is 19.7 Å². The average Bonchev–Trinajstić information content (AvgIpc) is 3.16. The number of aromatic nitrogens is 1. The molecule has 0 bridgehead atoms. The fourth-order valence-corrected chi connectivity index (χ4v) is 3.74. The van der Waals surface area contributed by atoms with Crippen LogP contribution in [0.15, 0.2) is 54.7 Å². The summed E-state index contributed by atoms with van der Waals surface area (Å²) in [5, 5.41) is 32.8. The number of rotatable bonds is 5. The molecule has 6 nitrogen and oxygen atoms in total. The van der Waals surface area contributed by atoms with Crippen LogP contribution in [0.25, 0.3) is 22.3 Å². The number of phenols is 1. The summed E-state index contributed by atoms with van der Waals surface area (Å²) in [6.07, 6.45) is 1.16. The molecule has 1 aliphatic heterocycles. The molecule has 4 N–H and O–H groups in total. The lowest BCUT2D eigenvalue weighted by Crippen LogP contribution is -2.22. The van der Waals surface area contributed by atoms with Crippen molar-refractivity contribution in [3.05, 3.63) is 60.5 Å². The van der Waals surface area contributed by atoms with Crippen molar-refractivity contribution in [3.63, 3.8) is 0 Å². The number of aromatic hydroxyl groups is 1. The van der Waals surface area contributed by atoms with Gasteiger partial charge >= 0.3 is 0 Å². The smallest absolute Gasteiger partial charge is 0.146 e. The molecule has 2 atom stereocenters. The Labute approximate surface area is 174 Å². The lowest BCUT2D eigenvalue weighted by Gasteiger charge is -2.18. The highest BCUT2D eigenvalue weighted by Gasteiger charge is 2.22. The van der Waals surface area contributed by atoms with Gasteiger partial charge in [-0.2, -0.15) is 0 Å². The molecule has 1 aromatic heterocycles. The maximum atomic E-state index is 14.4. The van der Waals surface area contributed by atoms with Crippen LogP contribution in [0.1, 0.15) is 13.3 Å². The van der Waals surface area contributed by atoms with Crippen LogP contribution in [0.5, 0.6) is 5.75 Å². The fourth-order valence-electron chi connectivity index (χ4n) is 3.74. The Bertz CT molecular complexity index is 1060. The highest BCUT2D eigenvalue weighted by molar-refractivity contribution is 5.83. The summed E-state index contributed by atoms with van der Waals surface area (Å²) in [4.78, 5) is 6.40. The summed E-state index contributed by atoms with van der Waals surface area (Å²) in [7, 11) is 0. The third kappa shape index (κ3) is 4.08. The molecule has 1 aliphatic rings. The van der Waals surface area contributed by atoms with Gasteiger partial charge in [-0.1, -0.05) is 24.3 Å². The first-order chi connectivity index (χ1) is 14.4. The first-order valence-electron chi connectivity index (χ1n) is 9.88. The molecule has 1 unspecified atom stereocenters. The minimum atomic E-state index is -0.875. The van der Waals surface area contributed by atoms with E-state index in [2.05, 4.69) is 10.3 Å². The Kier molecular flexibility index (Phi) is 5.57. The van der Waals surface area contributed by atoms with Crippen molar-refractivity contribution in [2.45, 2.75) is 25.7 Å². The van der Waals surface area contributed by atoms with E-state index in [1.807, 2.05) is 23.1 Å². The number of hydrogen-bond donors (Lipinski definition) is 4. The van der Waals surface area contributed by atoms with Crippen molar-refractivity contribution in [2.24, 2.45) is 0 Å². The van der Waals surface area contributed by atoms with Crippen molar-refractivity contribution in [3.8, 4) is 28.0 Å². The minimum absolute atomic E-state index is 0.0479. The maximum Gasteiger partial charge on any atom is 0.146 e. The molecule has 1 saturated heterocycles. The molecule has 0 amide bonds. The van der Waals surface area contributed by atoms with Crippen LogP contribution in [0.2, 0.25) is 0 Å². The summed E-state index contributed by atoms with van der Waals surface area (Å²) >= 11 is 0. The van der Waals surface area contributed by atoms with Gasteiger partial charge in [0.2, 0.25) is 0 Å². The van der Waals surface area contributed by atoms with E-state index in [4.69, 9.17) is 0 Å². The van der Waals surface area contributed by atoms with Gasteiger partial charge in [-0.05, 0) is 48.7 Å². The predicted octanol–water partition coefficient (Wildman–Crippen LogP) is 3.58. The molecule has 0 spiro atoms. The first-order valence-corrected chi connectivity index (χ1v) is 9.88. The zero-order valence-electron chi connectivity index (χ0n) is 16.6. The molecule has 7 heteroatoms. The Hall–Kier alpha value is -3.16. The van der Waals surface area contributed by atoms with Gasteiger partial charge in [0.15, 0.2) is 0 Å². The van der Waals surface area contributed by atoms with Crippen LogP contribution in [0, 0.1) is 5.82 Å². The Balaban J connectivity index is 1.68. The molecule has 3 aromatic rings. The van der Waals surface area contributed by atoms with E-state index in [1.54, 1.807) is 24.4 Å². The van der Waals surface area contributed by atoms with Crippen molar-refractivity contribution in [2.75, 3.05) is 23.3 Å². The number of nitrogens with one attached hydrogen (secondary N) is 1. The zero-order valence-corrected chi connectivity index (χ0v) is 16.6. The Morgan fingerprint density at radius 1 is 1.13 bits per heavy atom. The topological polar surface area (TPSA) is 88.9 Å². The number of hydrogen-bond acceptors (Lipinski definition) is 6. The van der Waals surface area contributed by atoms with Gasteiger partial charge < -0.3 is 25.5 Å². The van der Waals surface area contributed by atoms with E-state index < -0.39 is 12.0 Å². The van der Waals surface area contributed by atoms with Crippen LogP contribution >= 0.6 is 0 Å². The third-order valence-electron chi connectivity index (χ3n) is 5.22. The summed E-state index contributed by atoms with van der Waals surface area (Å²) in [5.41, 5.74) is 2.62.